The first-order valence-electron chi connectivity index (χ1n) is 9.16. The molecular formula is C23H21Cl2NO4. The Morgan fingerprint density at radius 1 is 0.867 bits per heavy atom. The lowest BCUT2D eigenvalue weighted by Gasteiger charge is -2.14. The molecular weight excluding hydrogens is 425 g/mol. The highest BCUT2D eigenvalue weighted by molar-refractivity contribution is 6.35. The number of carbonyl (C=O) groups excluding carboxylic acids is 1. The van der Waals surface area contributed by atoms with Gasteiger partial charge in [0, 0.05) is 27.7 Å². The van der Waals surface area contributed by atoms with Gasteiger partial charge in [-0.25, -0.2) is 0 Å². The van der Waals surface area contributed by atoms with E-state index in [0.29, 0.717) is 32.9 Å². The first kappa shape index (κ1) is 21.8. The number of para-hydroxylation sites is 2. The molecule has 0 spiro atoms. The number of ether oxygens (including phenoxy) is 3. The molecule has 0 unspecified atom stereocenters. The van der Waals surface area contributed by atoms with E-state index in [0.717, 1.165) is 11.1 Å². The van der Waals surface area contributed by atoms with Gasteiger partial charge >= 0.3 is 0 Å². The first-order chi connectivity index (χ1) is 14.5. The van der Waals surface area contributed by atoms with E-state index >= 15 is 0 Å². The maximum absolute atomic E-state index is 12.6. The van der Waals surface area contributed by atoms with Gasteiger partial charge in [-0.2, -0.15) is 0 Å². The van der Waals surface area contributed by atoms with Crippen LogP contribution in [-0.2, 0) is 13.2 Å². The molecule has 0 atom stereocenters. The molecule has 7 heteroatoms. The van der Waals surface area contributed by atoms with Gasteiger partial charge in [0.1, 0.15) is 12.4 Å². The van der Waals surface area contributed by atoms with E-state index in [-0.39, 0.29) is 19.1 Å². The van der Waals surface area contributed by atoms with Crippen LogP contribution in [0.1, 0.15) is 21.5 Å². The normalized spacial score (nSPS) is 10.4. The third-order valence-electron chi connectivity index (χ3n) is 4.45. The molecule has 0 saturated carbocycles. The number of hydrogen-bond acceptors (Lipinski definition) is 4. The van der Waals surface area contributed by atoms with Crippen molar-refractivity contribution in [3.8, 4) is 17.2 Å². The summed E-state index contributed by atoms with van der Waals surface area (Å²) in [6.07, 6.45) is 0. The predicted octanol–water partition coefficient (Wildman–Crippen LogP) is 5.52. The second-order valence-corrected chi connectivity index (χ2v) is 7.23. The van der Waals surface area contributed by atoms with Crippen LogP contribution >= 0.6 is 23.2 Å². The van der Waals surface area contributed by atoms with Crippen molar-refractivity contribution in [1.82, 2.24) is 5.32 Å². The summed E-state index contributed by atoms with van der Waals surface area (Å²) in [5.41, 5.74) is 2.00. The van der Waals surface area contributed by atoms with Crippen molar-refractivity contribution in [2.24, 2.45) is 0 Å². The number of carbonyl (C=O) groups is 1. The Kier molecular flexibility index (Phi) is 7.44. The topological polar surface area (TPSA) is 56.8 Å². The predicted molar refractivity (Wildman–Crippen MR) is 118 cm³/mol. The van der Waals surface area contributed by atoms with E-state index in [1.165, 1.54) is 0 Å². The summed E-state index contributed by atoms with van der Waals surface area (Å²) < 4.78 is 16.6. The van der Waals surface area contributed by atoms with Gasteiger partial charge in [-0.1, -0.05) is 41.4 Å². The lowest BCUT2D eigenvalue weighted by atomic mass is 10.1. The highest BCUT2D eigenvalue weighted by atomic mass is 35.5. The van der Waals surface area contributed by atoms with E-state index in [4.69, 9.17) is 37.4 Å². The monoisotopic (exact) mass is 445 g/mol. The summed E-state index contributed by atoms with van der Waals surface area (Å²) in [6.45, 7) is 0.502. The smallest absolute Gasteiger partial charge is 0.251 e. The molecule has 0 aliphatic heterocycles. The molecule has 1 N–H and O–H groups in total. The van der Waals surface area contributed by atoms with E-state index in [1.54, 1.807) is 50.6 Å². The van der Waals surface area contributed by atoms with Crippen LogP contribution < -0.4 is 19.5 Å². The quantitative estimate of drug-likeness (QED) is 0.495. The average molecular weight is 446 g/mol. The van der Waals surface area contributed by atoms with Gasteiger partial charge in [0.05, 0.1) is 14.2 Å². The Hall–Kier alpha value is -2.89. The zero-order valence-electron chi connectivity index (χ0n) is 16.6. The highest BCUT2D eigenvalue weighted by Crippen LogP contribution is 2.28. The molecule has 3 rings (SSSR count). The van der Waals surface area contributed by atoms with Gasteiger partial charge < -0.3 is 19.5 Å². The molecule has 0 radical (unpaired) electrons. The minimum Gasteiger partial charge on any atom is -0.496 e. The standard InChI is InChI=1S/C23H21Cl2NO4/c1-28-20-10-8-15(23(27)26-13-16-7-9-18(24)12-19(16)25)11-17(20)14-30-22-6-4-3-5-21(22)29-2/h3-12H,13-14H2,1-2H3,(H,26,27). The van der Waals surface area contributed by atoms with E-state index in [1.807, 2.05) is 24.3 Å². The number of hydrogen-bond donors (Lipinski definition) is 1. The van der Waals surface area contributed by atoms with Gasteiger partial charge in [0.2, 0.25) is 0 Å². The largest absolute Gasteiger partial charge is 0.496 e. The van der Waals surface area contributed by atoms with Gasteiger partial charge in [0.25, 0.3) is 5.91 Å². The number of nitrogens with one attached hydrogen (secondary N) is 1. The van der Waals surface area contributed by atoms with Crippen LogP contribution in [0.3, 0.4) is 0 Å². The third-order valence-corrected chi connectivity index (χ3v) is 5.04. The van der Waals surface area contributed by atoms with Crippen molar-refractivity contribution in [3.05, 3.63) is 87.4 Å². The number of methoxy groups -OCH3 is 2. The Balaban J connectivity index is 1.72. The molecule has 30 heavy (non-hydrogen) atoms. The highest BCUT2D eigenvalue weighted by Gasteiger charge is 2.13. The molecule has 0 aliphatic rings. The average Bonchev–Trinajstić information content (AvgIpc) is 2.76. The van der Waals surface area contributed by atoms with Gasteiger partial charge in [-0.3, -0.25) is 4.79 Å². The summed E-state index contributed by atoms with van der Waals surface area (Å²) in [7, 11) is 3.16. The minimum absolute atomic E-state index is 0.216. The van der Waals surface area contributed by atoms with Crippen molar-refractivity contribution in [2.75, 3.05) is 14.2 Å². The SMILES string of the molecule is COc1ccc(C(=O)NCc2ccc(Cl)cc2Cl)cc1COc1ccccc1OC. The van der Waals surface area contributed by atoms with Crippen molar-refractivity contribution >= 4 is 29.1 Å². The van der Waals surface area contributed by atoms with Gasteiger partial charge in [-0.15, -0.1) is 0 Å². The van der Waals surface area contributed by atoms with E-state index in [2.05, 4.69) is 5.32 Å². The molecule has 1 amide bonds. The van der Waals surface area contributed by atoms with Crippen LogP contribution in [0.5, 0.6) is 17.2 Å². The maximum atomic E-state index is 12.6. The second-order valence-electron chi connectivity index (χ2n) is 6.38. The molecule has 0 aromatic heterocycles. The van der Waals surface area contributed by atoms with Crippen molar-refractivity contribution < 1.29 is 19.0 Å². The molecule has 0 saturated heterocycles. The van der Waals surface area contributed by atoms with Crippen LogP contribution in [0.25, 0.3) is 0 Å². The zero-order chi connectivity index (χ0) is 21.5. The summed E-state index contributed by atoms with van der Waals surface area (Å²) in [4.78, 5) is 12.6. The third kappa shape index (κ3) is 5.38. The molecule has 3 aromatic rings. The number of benzene rings is 3. The zero-order valence-corrected chi connectivity index (χ0v) is 18.1. The number of rotatable bonds is 8. The summed E-state index contributed by atoms with van der Waals surface area (Å²) in [5.74, 6) is 1.63. The second kappa shape index (κ2) is 10.2. The van der Waals surface area contributed by atoms with Crippen molar-refractivity contribution in [3.63, 3.8) is 0 Å². The Labute approximate surface area is 185 Å². The van der Waals surface area contributed by atoms with Gasteiger partial charge in [0.15, 0.2) is 11.5 Å². The van der Waals surface area contributed by atoms with Crippen LogP contribution in [0.2, 0.25) is 10.0 Å². The van der Waals surface area contributed by atoms with E-state index < -0.39 is 0 Å². The molecule has 3 aromatic carbocycles. The Morgan fingerprint density at radius 3 is 2.30 bits per heavy atom. The molecule has 0 bridgehead atoms. The minimum atomic E-state index is -0.234. The lowest BCUT2D eigenvalue weighted by Crippen LogP contribution is -2.23. The summed E-state index contributed by atoms with van der Waals surface area (Å²) in [6, 6.07) is 17.7. The first-order valence-corrected chi connectivity index (χ1v) is 9.92. The fraction of sp³-hybridized carbons (Fsp3) is 0.174. The summed E-state index contributed by atoms with van der Waals surface area (Å²) >= 11 is 12.1. The lowest BCUT2D eigenvalue weighted by molar-refractivity contribution is 0.0950. The van der Waals surface area contributed by atoms with Crippen molar-refractivity contribution in [1.29, 1.82) is 0 Å². The molecule has 0 fully saturated rings. The number of amides is 1. The van der Waals surface area contributed by atoms with E-state index in [9.17, 15) is 4.79 Å². The van der Waals surface area contributed by atoms with Crippen LogP contribution in [0, 0.1) is 0 Å². The fourth-order valence-electron chi connectivity index (χ4n) is 2.87. The molecule has 0 aliphatic carbocycles. The van der Waals surface area contributed by atoms with Crippen LogP contribution in [0.15, 0.2) is 60.7 Å². The van der Waals surface area contributed by atoms with Crippen molar-refractivity contribution in [2.45, 2.75) is 13.2 Å². The van der Waals surface area contributed by atoms with Crippen LogP contribution in [0.4, 0.5) is 0 Å². The molecule has 0 heterocycles. The number of halogens is 2. The Morgan fingerprint density at radius 2 is 1.60 bits per heavy atom. The maximum Gasteiger partial charge on any atom is 0.251 e. The van der Waals surface area contributed by atoms with Crippen LogP contribution in [-0.4, -0.2) is 20.1 Å². The van der Waals surface area contributed by atoms with Gasteiger partial charge in [-0.05, 0) is 48.0 Å². The summed E-state index contributed by atoms with van der Waals surface area (Å²) in [5, 5.41) is 3.91. The molecule has 156 valence electrons. The molecule has 5 nitrogen and oxygen atoms in total. The fourth-order valence-corrected chi connectivity index (χ4v) is 3.34. The Bertz CT molecular complexity index is 1040.